The Morgan fingerprint density at radius 1 is 0.926 bits per heavy atom. The first kappa shape index (κ1) is 18.9. The Morgan fingerprint density at radius 2 is 1.63 bits per heavy atom. The van der Waals surface area contributed by atoms with Crippen LogP contribution in [0.25, 0.3) is 0 Å². The third kappa shape index (κ3) is 5.82. The van der Waals surface area contributed by atoms with E-state index >= 15 is 0 Å². The van der Waals surface area contributed by atoms with Crippen LogP contribution in [0.1, 0.15) is 12.5 Å². The predicted octanol–water partition coefficient (Wildman–Crippen LogP) is 2.40. The van der Waals surface area contributed by atoms with E-state index < -0.39 is 0 Å². The number of piperazine rings is 1. The number of amides is 2. The number of benzene rings is 2. The molecule has 0 bridgehead atoms. The standard InChI is InChI=1S/C21H26N4O2/c1-17(26)23-20-9-5-8-19(14-20)22-15-21(27)25-12-10-24(11-13-25)16-18-6-3-2-4-7-18/h2-9,14,22H,10-13,15-16H2,1H3,(H,23,26). The zero-order valence-corrected chi connectivity index (χ0v) is 15.6. The molecule has 0 aromatic heterocycles. The van der Waals surface area contributed by atoms with Crippen LogP contribution in [0, 0.1) is 0 Å². The molecular weight excluding hydrogens is 340 g/mol. The molecule has 0 spiro atoms. The Bertz CT molecular complexity index is 771. The average molecular weight is 366 g/mol. The van der Waals surface area contributed by atoms with Gasteiger partial charge < -0.3 is 15.5 Å². The summed E-state index contributed by atoms with van der Waals surface area (Å²) in [6.45, 7) is 5.93. The molecule has 6 nitrogen and oxygen atoms in total. The SMILES string of the molecule is CC(=O)Nc1cccc(NCC(=O)N2CCN(Cc3ccccc3)CC2)c1. The molecule has 2 amide bonds. The van der Waals surface area contributed by atoms with Crippen molar-refractivity contribution >= 4 is 23.2 Å². The van der Waals surface area contributed by atoms with E-state index in [0.29, 0.717) is 0 Å². The van der Waals surface area contributed by atoms with Crippen LogP contribution in [0.4, 0.5) is 11.4 Å². The minimum absolute atomic E-state index is 0.0966. The van der Waals surface area contributed by atoms with E-state index in [0.717, 1.165) is 44.1 Å². The van der Waals surface area contributed by atoms with E-state index in [-0.39, 0.29) is 18.4 Å². The Hall–Kier alpha value is -2.86. The van der Waals surface area contributed by atoms with Gasteiger partial charge in [0.25, 0.3) is 0 Å². The fourth-order valence-corrected chi connectivity index (χ4v) is 3.20. The molecule has 6 heteroatoms. The van der Waals surface area contributed by atoms with Crippen LogP contribution in [-0.2, 0) is 16.1 Å². The Morgan fingerprint density at radius 3 is 2.33 bits per heavy atom. The van der Waals surface area contributed by atoms with Gasteiger partial charge in [0.2, 0.25) is 11.8 Å². The molecule has 142 valence electrons. The van der Waals surface area contributed by atoms with E-state index in [1.54, 1.807) is 0 Å². The molecule has 0 radical (unpaired) electrons. The van der Waals surface area contributed by atoms with Crippen molar-refractivity contribution in [2.45, 2.75) is 13.5 Å². The molecule has 0 atom stereocenters. The number of nitrogens with one attached hydrogen (secondary N) is 2. The van der Waals surface area contributed by atoms with Gasteiger partial charge in [0.1, 0.15) is 0 Å². The van der Waals surface area contributed by atoms with E-state index in [2.05, 4.69) is 39.8 Å². The number of hydrogen-bond donors (Lipinski definition) is 2. The molecule has 1 heterocycles. The molecule has 0 unspecified atom stereocenters. The monoisotopic (exact) mass is 366 g/mol. The van der Waals surface area contributed by atoms with Crippen molar-refractivity contribution in [3.8, 4) is 0 Å². The van der Waals surface area contributed by atoms with Gasteiger partial charge in [0.05, 0.1) is 6.54 Å². The molecule has 2 N–H and O–H groups in total. The lowest BCUT2D eigenvalue weighted by atomic mass is 10.2. The summed E-state index contributed by atoms with van der Waals surface area (Å²) in [5, 5.41) is 5.89. The van der Waals surface area contributed by atoms with Gasteiger partial charge in [-0.1, -0.05) is 36.4 Å². The first-order valence-electron chi connectivity index (χ1n) is 9.26. The highest BCUT2D eigenvalue weighted by atomic mass is 16.2. The van der Waals surface area contributed by atoms with Crippen molar-refractivity contribution in [2.75, 3.05) is 43.4 Å². The molecule has 0 aliphatic carbocycles. The van der Waals surface area contributed by atoms with Crippen LogP contribution in [-0.4, -0.2) is 54.3 Å². The second-order valence-corrected chi connectivity index (χ2v) is 6.76. The molecule has 2 aromatic carbocycles. The number of anilines is 2. The molecule has 1 aliphatic rings. The second-order valence-electron chi connectivity index (χ2n) is 6.76. The van der Waals surface area contributed by atoms with Crippen LogP contribution in [0.3, 0.4) is 0 Å². The van der Waals surface area contributed by atoms with Crippen molar-refractivity contribution < 1.29 is 9.59 Å². The minimum Gasteiger partial charge on any atom is -0.376 e. The zero-order valence-electron chi connectivity index (χ0n) is 15.6. The maximum atomic E-state index is 12.5. The predicted molar refractivity (Wildman–Crippen MR) is 108 cm³/mol. The molecule has 1 saturated heterocycles. The number of carbonyl (C=O) groups excluding carboxylic acids is 2. The highest BCUT2D eigenvalue weighted by molar-refractivity contribution is 5.89. The lowest BCUT2D eigenvalue weighted by molar-refractivity contribution is -0.131. The fraction of sp³-hybridized carbons (Fsp3) is 0.333. The average Bonchev–Trinajstić information content (AvgIpc) is 2.67. The van der Waals surface area contributed by atoms with Gasteiger partial charge in [-0.05, 0) is 23.8 Å². The van der Waals surface area contributed by atoms with Crippen LogP contribution in [0.2, 0.25) is 0 Å². The van der Waals surface area contributed by atoms with Crippen LogP contribution >= 0.6 is 0 Å². The van der Waals surface area contributed by atoms with Gasteiger partial charge in [-0.15, -0.1) is 0 Å². The highest BCUT2D eigenvalue weighted by Crippen LogP contribution is 2.15. The van der Waals surface area contributed by atoms with Gasteiger partial charge in [-0.3, -0.25) is 14.5 Å². The van der Waals surface area contributed by atoms with Crippen molar-refractivity contribution in [1.82, 2.24) is 9.80 Å². The summed E-state index contributed by atoms with van der Waals surface area (Å²) in [6.07, 6.45) is 0. The maximum Gasteiger partial charge on any atom is 0.241 e. The first-order valence-corrected chi connectivity index (χ1v) is 9.26. The summed E-state index contributed by atoms with van der Waals surface area (Å²) in [7, 11) is 0. The third-order valence-electron chi connectivity index (χ3n) is 4.60. The zero-order chi connectivity index (χ0) is 19.1. The van der Waals surface area contributed by atoms with Crippen molar-refractivity contribution in [3.05, 3.63) is 60.2 Å². The topological polar surface area (TPSA) is 64.7 Å². The number of hydrogen-bond acceptors (Lipinski definition) is 4. The summed E-state index contributed by atoms with van der Waals surface area (Å²) in [4.78, 5) is 27.9. The third-order valence-corrected chi connectivity index (χ3v) is 4.60. The lowest BCUT2D eigenvalue weighted by Gasteiger charge is -2.34. The van der Waals surface area contributed by atoms with Gasteiger partial charge in [0, 0.05) is 51.0 Å². The summed E-state index contributed by atoms with van der Waals surface area (Å²) < 4.78 is 0. The van der Waals surface area contributed by atoms with Crippen molar-refractivity contribution in [2.24, 2.45) is 0 Å². The number of carbonyl (C=O) groups is 2. The van der Waals surface area contributed by atoms with E-state index in [4.69, 9.17) is 0 Å². The van der Waals surface area contributed by atoms with Crippen LogP contribution in [0.15, 0.2) is 54.6 Å². The van der Waals surface area contributed by atoms with Gasteiger partial charge in [0.15, 0.2) is 0 Å². The first-order chi connectivity index (χ1) is 13.1. The van der Waals surface area contributed by atoms with Gasteiger partial charge >= 0.3 is 0 Å². The normalized spacial score (nSPS) is 14.6. The molecule has 2 aromatic rings. The molecule has 27 heavy (non-hydrogen) atoms. The lowest BCUT2D eigenvalue weighted by Crippen LogP contribution is -2.49. The Labute approximate surface area is 160 Å². The Kier molecular flexibility index (Phi) is 6.44. The second kappa shape index (κ2) is 9.19. The summed E-state index contributed by atoms with van der Waals surface area (Å²) >= 11 is 0. The number of rotatable bonds is 6. The van der Waals surface area contributed by atoms with Crippen LogP contribution in [0.5, 0.6) is 0 Å². The summed E-state index contributed by atoms with van der Waals surface area (Å²) in [5.74, 6) is -0.0177. The maximum absolute atomic E-state index is 12.5. The van der Waals surface area contributed by atoms with E-state index in [1.807, 2.05) is 35.2 Å². The summed E-state index contributed by atoms with van der Waals surface area (Å²) in [6, 6.07) is 17.8. The summed E-state index contributed by atoms with van der Waals surface area (Å²) in [5.41, 5.74) is 2.84. The van der Waals surface area contributed by atoms with Crippen LogP contribution < -0.4 is 10.6 Å². The van der Waals surface area contributed by atoms with Crippen molar-refractivity contribution in [1.29, 1.82) is 0 Å². The minimum atomic E-state index is -0.114. The molecule has 1 fully saturated rings. The van der Waals surface area contributed by atoms with Crippen molar-refractivity contribution in [3.63, 3.8) is 0 Å². The number of nitrogens with zero attached hydrogens (tertiary/aromatic N) is 2. The molecule has 3 rings (SSSR count). The largest absolute Gasteiger partial charge is 0.376 e. The smallest absolute Gasteiger partial charge is 0.241 e. The Balaban J connectivity index is 1.44. The van der Waals surface area contributed by atoms with Gasteiger partial charge in [-0.2, -0.15) is 0 Å². The fourth-order valence-electron chi connectivity index (χ4n) is 3.20. The molecule has 0 saturated carbocycles. The quantitative estimate of drug-likeness (QED) is 0.824. The van der Waals surface area contributed by atoms with E-state index in [9.17, 15) is 9.59 Å². The molecular formula is C21H26N4O2. The molecule has 1 aliphatic heterocycles. The van der Waals surface area contributed by atoms with Gasteiger partial charge in [-0.25, -0.2) is 0 Å². The highest BCUT2D eigenvalue weighted by Gasteiger charge is 2.20. The van der Waals surface area contributed by atoms with E-state index in [1.165, 1.54) is 12.5 Å².